The number of thioether (sulfide) groups is 1. The number of carbonyl (C=O) groups is 3. The lowest BCUT2D eigenvalue weighted by Crippen LogP contribution is -2.21. The van der Waals surface area contributed by atoms with E-state index in [2.05, 4.69) is 46.4 Å². The van der Waals surface area contributed by atoms with Gasteiger partial charge in [0.1, 0.15) is 5.00 Å². The van der Waals surface area contributed by atoms with Gasteiger partial charge in [0, 0.05) is 31.4 Å². The summed E-state index contributed by atoms with van der Waals surface area (Å²) in [6.45, 7) is 9.54. The average Bonchev–Trinajstić information content (AvgIpc) is 3.38. The Morgan fingerprint density at radius 1 is 1.14 bits per heavy atom. The van der Waals surface area contributed by atoms with Crippen LogP contribution >= 0.6 is 23.1 Å². The fourth-order valence-corrected chi connectivity index (χ4v) is 5.45. The molecular weight excluding hydrogens is 500 g/mol. The Bertz CT molecular complexity index is 1250. The number of hydrogen-bond acceptors (Lipinski definition) is 9. The molecular formula is C24H30N6O4S2. The number of rotatable bonds is 11. The molecule has 3 aromatic rings. The number of carbonyl (C=O) groups excluding carboxylic acids is 3. The van der Waals surface area contributed by atoms with Crippen molar-refractivity contribution in [3.63, 3.8) is 0 Å². The number of esters is 1. The van der Waals surface area contributed by atoms with Crippen molar-refractivity contribution >= 4 is 51.6 Å². The molecule has 10 nitrogen and oxygen atoms in total. The summed E-state index contributed by atoms with van der Waals surface area (Å²) in [6.07, 6.45) is 0. The van der Waals surface area contributed by atoms with Crippen molar-refractivity contribution in [1.82, 2.24) is 14.8 Å². The molecule has 1 aromatic carbocycles. The Morgan fingerprint density at radius 2 is 1.81 bits per heavy atom. The van der Waals surface area contributed by atoms with Gasteiger partial charge in [-0.3, -0.25) is 9.59 Å². The van der Waals surface area contributed by atoms with E-state index >= 15 is 0 Å². The van der Waals surface area contributed by atoms with Gasteiger partial charge in [0.2, 0.25) is 5.91 Å². The molecule has 192 valence electrons. The largest absolute Gasteiger partial charge is 0.462 e. The van der Waals surface area contributed by atoms with E-state index in [1.165, 1.54) is 11.8 Å². The van der Waals surface area contributed by atoms with Crippen LogP contribution in [0.15, 0.2) is 29.4 Å². The summed E-state index contributed by atoms with van der Waals surface area (Å²) in [5.41, 5.74) is 8.01. The number of amides is 2. The lowest BCUT2D eigenvalue weighted by atomic mass is 10.1. The fraction of sp³-hybridized carbons (Fsp3) is 0.375. The van der Waals surface area contributed by atoms with Crippen molar-refractivity contribution in [1.29, 1.82) is 0 Å². The summed E-state index contributed by atoms with van der Waals surface area (Å²) in [5, 5.41) is 12.0. The van der Waals surface area contributed by atoms with Crippen molar-refractivity contribution in [3.8, 4) is 11.4 Å². The number of aromatic nitrogens is 3. The number of nitrogens with two attached hydrogens (primary N) is 1. The minimum atomic E-state index is -0.672. The summed E-state index contributed by atoms with van der Waals surface area (Å²) in [5.74, 6) is -0.941. The maximum absolute atomic E-state index is 12.7. The van der Waals surface area contributed by atoms with Crippen LogP contribution in [0, 0.1) is 6.92 Å². The number of ether oxygens (including phenoxy) is 1. The molecule has 0 fully saturated rings. The van der Waals surface area contributed by atoms with Gasteiger partial charge in [-0.15, -0.1) is 21.5 Å². The van der Waals surface area contributed by atoms with Crippen LogP contribution in [0.25, 0.3) is 11.4 Å². The van der Waals surface area contributed by atoms with Crippen molar-refractivity contribution in [3.05, 3.63) is 40.3 Å². The van der Waals surface area contributed by atoms with Crippen LogP contribution in [0.1, 0.15) is 46.4 Å². The molecule has 2 heterocycles. The topological polar surface area (TPSA) is 132 Å². The lowest BCUT2D eigenvalue weighted by molar-refractivity contribution is -0.113. The predicted octanol–water partition coefficient (Wildman–Crippen LogP) is 3.70. The fourth-order valence-electron chi connectivity index (χ4n) is 3.68. The second-order valence-corrected chi connectivity index (χ2v) is 9.73. The van der Waals surface area contributed by atoms with Gasteiger partial charge >= 0.3 is 5.97 Å². The molecule has 0 saturated heterocycles. The van der Waals surface area contributed by atoms with Crippen LogP contribution in [-0.4, -0.2) is 58.0 Å². The Morgan fingerprint density at radius 3 is 2.39 bits per heavy atom. The average molecular weight is 531 g/mol. The molecule has 0 atom stereocenters. The SMILES string of the molecule is CCOC(=O)c1c(NC(=O)CSc2nnc(-c3ccc(N(CC)CC)cc3)n2C)sc(C(N)=O)c1C. The van der Waals surface area contributed by atoms with E-state index in [1.807, 2.05) is 23.7 Å². The Labute approximate surface area is 218 Å². The zero-order valence-corrected chi connectivity index (χ0v) is 22.6. The van der Waals surface area contributed by atoms with Crippen molar-refractivity contribution in [2.45, 2.75) is 32.9 Å². The molecule has 0 spiro atoms. The van der Waals surface area contributed by atoms with Crippen molar-refractivity contribution in [2.75, 3.05) is 35.7 Å². The number of primary amides is 1. The molecule has 2 aromatic heterocycles. The van der Waals surface area contributed by atoms with Gasteiger partial charge in [0.25, 0.3) is 5.91 Å². The highest BCUT2D eigenvalue weighted by molar-refractivity contribution is 7.99. The molecule has 0 saturated carbocycles. The summed E-state index contributed by atoms with van der Waals surface area (Å²) in [7, 11) is 1.84. The molecule has 3 N–H and O–H groups in total. The van der Waals surface area contributed by atoms with E-state index < -0.39 is 11.9 Å². The molecule has 3 rings (SSSR count). The lowest BCUT2D eigenvalue weighted by Gasteiger charge is -2.21. The molecule has 0 aliphatic heterocycles. The monoisotopic (exact) mass is 530 g/mol. The number of hydrogen-bond donors (Lipinski definition) is 2. The maximum Gasteiger partial charge on any atom is 0.341 e. The van der Waals surface area contributed by atoms with Gasteiger partial charge in [0.15, 0.2) is 11.0 Å². The highest BCUT2D eigenvalue weighted by Crippen LogP contribution is 2.34. The molecule has 0 aliphatic rings. The van der Waals surface area contributed by atoms with Crippen LogP contribution in [0.2, 0.25) is 0 Å². The first-order chi connectivity index (χ1) is 17.2. The van der Waals surface area contributed by atoms with E-state index in [4.69, 9.17) is 10.5 Å². The van der Waals surface area contributed by atoms with Gasteiger partial charge in [-0.05, 0) is 57.5 Å². The quantitative estimate of drug-likeness (QED) is 0.283. The van der Waals surface area contributed by atoms with Gasteiger partial charge in [0.05, 0.1) is 22.8 Å². The molecule has 0 aliphatic carbocycles. The van der Waals surface area contributed by atoms with Gasteiger partial charge < -0.3 is 25.3 Å². The Balaban J connectivity index is 1.71. The minimum Gasteiger partial charge on any atom is -0.462 e. The smallest absolute Gasteiger partial charge is 0.341 e. The zero-order chi connectivity index (χ0) is 26.4. The Hall–Kier alpha value is -3.38. The third kappa shape index (κ3) is 5.88. The summed E-state index contributed by atoms with van der Waals surface area (Å²) in [6, 6.07) is 8.12. The highest BCUT2D eigenvalue weighted by Gasteiger charge is 2.26. The second kappa shape index (κ2) is 12.0. The third-order valence-electron chi connectivity index (χ3n) is 5.52. The normalized spacial score (nSPS) is 10.8. The number of anilines is 2. The summed E-state index contributed by atoms with van der Waals surface area (Å²) >= 11 is 2.17. The molecule has 36 heavy (non-hydrogen) atoms. The van der Waals surface area contributed by atoms with Gasteiger partial charge in [-0.2, -0.15) is 0 Å². The van der Waals surface area contributed by atoms with E-state index in [0.29, 0.717) is 16.5 Å². The van der Waals surface area contributed by atoms with Gasteiger partial charge in [-0.25, -0.2) is 4.79 Å². The minimum absolute atomic E-state index is 0.0258. The van der Waals surface area contributed by atoms with Crippen LogP contribution in [0.5, 0.6) is 0 Å². The first-order valence-electron chi connectivity index (χ1n) is 11.5. The van der Waals surface area contributed by atoms with E-state index in [0.717, 1.165) is 35.7 Å². The number of benzene rings is 1. The van der Waals surface area contributed by atoms with Gasteiger partial charge in [-0.1, -0.05) is 11.8 Å². The van der Waals surface area contributed by atoms with Crippen LogP contribution < -0.4 is 16.0 Å². The van der Waals surface area contributed by atoms with Crippen LogP contribution in [0.3, 0.4) is 0 Å². The number of nitrogens with one attached hydrogen (secondary N) is 1. The first-order valence-corrected chi connectivity index (χ1v) is 13.3. The predicted molar refractivity (Wildman–Crippen MR) is 143 cm³/mol. The molecule has 0 bridgehead atoms. The van der Waals surface area contributed by atoms with Crippen LogP contribution in [0.4, 0.5) is 10.7 Å². The number of thiophene rings is 1. The van der Waals surface area contributed by atoms with Crippen molar-refractivity contribution < 1.29 is 19.1 Å². The molecule has 0 radical (unpaired) electrons. The molecule has 12 heteroatoms. The van der Waals surface area contributed by atoms with Crippen molar-refractivity contribution in [2.24, 2.45) is 12.8 Å². The first kappa shape index (κ1) is 27.2. The highest BCUT2D eigenvalue weighted by atomic mass is 32.2. The second-order valence-electron chi connectivity index (χ2n) is 7.77. The number of nitrogens with zero attached hydrogens (tertiary/aromatic N) is 4. The third-order valence-corrected chi connectivity index (χ3v) is 7.77. The van der Waals surface area contributed by atoms with Crippen LogP contribution in [-0.2, 0) is 16.6 Å². The zero-order valence-electron chi connectivity index (χ0n) is 21.0. The Kier molecular flexibility index (Phi) is 9.10. The van der Waals surface area contributed by atoms with E-state index in [9.17, 15) is 14.4 Å². The molecule has 0 unspecified atom stereocenters. The maximum atomic E-state index is 12.7. The van der Waals surface area contributed by atoms with E-state index in [1.54, 1.807) is 13.8 Å². The standard InChI is InChI=1S/C24H30N6O4S2/c1-6-30(7-2)16-11-9-15(10-12-16)21-27-28-24(29(21)5)35-13-17(31)26-22-18(23(33)34-8-3)14(4)19(36-22)20(25)32/h9-12H,6-8,13H2,1-5H3,(H2,25,32)(H,26,31). The summed E-state index contributed by atoms with van der Waals surface area (Å²) < 4.78 is 6.91. The summed E-state index contributed by atoms with van der Waals surface area (Å²) in [4.78, 5) is 39.3. The van der Waals surface area contributed by atoms with E-state index in [-0.39, 0.29) is 33.7 Å². The molecule has 2 amide bonds.